The zero-order chi connectivity index (χ0) is 26.7. The molecule has 4 aliphatic rings. The van der Waals surface area contributed by atoms with Crippen LogP contribution in [0.2, 0.25) is 0 Å². The van der Waals surface area contributed by atoms with Crippen LogP contribution in [0.4, 0.5) is 30.4 Å². The largest absolute Gasteiger partial charge is 0.489 e. The smallest absolute Gasteiger partial charge is 0.471 e. The first-order valence-electron chi connectivity index (χ1n) is 13.3. The Labute approximate surface area is 222 Å². The predicted molar refractivity (Wildman–Crippen MR) is 137 cm³/mol. The molecule has 1 aliphatic carbocycles. The van der Waals surface area contributed by atoms with Crippen LogP contribution in [0.5, 0.6) is 5.75 Å². The third kappa shape index (κ3) is 4.42. The fourth-order valence-corrected chi connectivity index (χ4v) is 6.42. The summed E-state index contributed by atoms with van der Waals surface area (Å²) in [6, 6.07) is 5.81. The van der Waals surface area contributed by atoms with E-state index in [0.717, 1.165) is 53.4 Å². The number of carbonyl (C=O) groups is 1. The van der Waals surface area contributed by atoms with Gasteiger partial charge in [-0.1, -0.05) is 0 Å². The molecule has 2 aromatic heterocycles. The first-order valence-corrected chi connectivity index (χ1v) is 13.3. The number of alkyl halides is 3. The number of hydrazine groups is 1. The normalized spacial score (nSPS) is 26.5. The maximum atomic E-state index is 12.9. The third-order valence-corrected chi connectivity index (χ3v) is 8.43. The van der Waals surface area contributed by atoms with E-state index in [2.05, 4.69) is 27.3 Å². The Bertz CT molecular complexity index is 1410. The Morgan fingerprint density at radius 1 is 1.21 bits per heavy atom. The van der Waals surface area contributed by atoms with Gasteiger partial charge in [0.2, 0.25) is 0 Å². The lowest BCUT2D eigenvalue weighted by Gasteiger charge is -2.45. The van der Waals surface area contributed by atoms with E-state index in [9.17, 15) is 18.0 Å². The highest BCUT2D eigenvalue weighted by molar-refractivity contribution is 5.82. The van der Waals surface area contributed by atoms with Gasteiger partial charge < -0.3 is 24.3 Å². The van der Waals surface area contributed by atoms with Crippen molar-refractivity contribution in [1.29, 1.82) is 0 Å². The summed E-state index contributed by atoms with van der Waals surface area (Å²) in [6.45, 7) is 1.50. The minimum Gasteiger partial charge on any atom is -0.489 e. The SMILES string of the molecule is O=C(N1CCN2c3ccc(Nc4nc(C5CCC6CNNC6C5)cn5ccnc45)cc3OC[C@H]2C1)C(F)(F)F. The van der Waals surface area contributed by atoms with Crippen LogP contribution in [-0.4, -0.2) is 76.2 Å². The summed E-state index contributed by atoms with van der Waals surface area (Å²) in [5, 5.41) is 3.42. The Morgan fingerprint density at radius 2 is 2.10 bits per heavy atom. The molecule has 3 aliphatic heterocycles. The topological polar surface area (TPSA) is 99.1 Å². The number of imidazole rings is 1. The monoisotopic (exact) mass is 542 g/mol. The van der Waals surface area contributed by atoms with Crippen LogP contribution >= 0.6 is 0 Å². The van der Waals surface area contributed by atoms with Crippen LogP contribution in [0.3, 0.4) is 0 Å². The van der Waals surface area contributed by atoms with Gasteiger partial charge in [-0.3, -0.25) is 15.6 Å². The number of anilines is 3. The average molecular weight is 543 g/mol. The number of hydrogen-bond acceptors (Lipinski definition) is 8. The second-order valence-corrected chi connectivity index (χ2v) is 10.8. The molecule has 1 saturated carbocycles. The van der Waals surface area contributed by atoms with Crippen molar-refractivity contribution in [2.45, 2.75) is 43.4 Å². The molecular weight excluding hydrogens is 513 g/mol. The molecule has 0 bridgehead atoms. The molecule has 3 aromatic rings. The molecule has 4 atom stereocenters. The number of nitrogens with zero attached hydrogens (tertiary/aromatic N) is 5. The van der Waals surface area contributed by atoms with Gasteiger partial charge >= 0.3 is 12.1 Å². The molecule has 3 N–H and O–H groups in total. The quantitative estimate of drug-likeness (QED) is 0.465. The summed E-state index contributed by atoms with van der Waals surface area (Å²) in [5.74, 6) is 0.513. The van der Waals surface area contributed by atoms with E-state index in [0.29, 0.717) is 36.0 Å². The van der Waals surface area contributed by atoms with Gasteiger partial charge in [0.25, 0.3) is 0 Å². The number of ether oxygens (including phenoxy) is 1. The van der Waals surface area contributed by atoms with Crippen LogP contribution in [0.1, 0.15) is 30.9 Å². The second-order valence-electron chi connectivity index (χ2n) is 10.8. The number of halogens is 3. The van der Waals surface area contributed by atoms with Crippen molar-refractivity contribution in [2.75, 3.05) is 43.0 Å². The summed E-state index contributed by atoms with van der Waals surface area (Å²) in [5.41, 5.74) is 10.0. The molecule has 0 radical (unpaired) electrons. The van der Waals surface area contributed by atoms with Crippen molar-refractivity contribution in [3.8, 4) is 5.75 Å². The minimum absolute atomic E-state index is 0.0111. The van der Waals surface area contributed by atoms with Gasteiger partial charge in [0.15, 0.2) is 11.5 Å². The lowest BCUT2D eigenvalue weighted by atomic mass is 9.78. The highest BCUT2D eigenvalue weighted by Gasteiger charge is 2.45. The average Bonchev–Trinajstić information content (AvgIpc) is 3.61. The number of piperazine rings is 1. The van der Waals surface area contributed by atoms with Crippen molar-refractivity contribution in [1.82, 2.24) is 30.1 Å². The molecule has 7 rings (SSSR count). The summed E-state index contributed by atoms with van der Waals surface area (Å²) in [7, 11) is 0. The van der Waals surface area contributed by atoms with Crippen molar-refractivity contribution >= 4 is 28.7 Å². The number of benzene rings is 1. The van der Waals surface area contributed by atoms with Crippen LogP contribution in [0.15, 0.2) is 36.8 Å². The Kier molecular flexibility index (Phi) is 5.81. The standard InChI is InChI=1S/C26H29F3N8O2/c27-26(28,29)25(38)36-7-8-37-18(12-36)14-39-22-10-17(3-4-21(22)37)32-23-24-30-5-6-35(24)13-20(33-23)15-1-2-16-11-31-34-19(16)9-15/h3-6,10,13,15-16,18-19,31,34H,1-2,7-9,11-12,14H2,(H,32,33)/t15?,16?,18-,19?/m1/s1. The number of carbonyl (C=O) groups excluding carboxylic acids is 1. The maximum absolute atomic E-state index is 12.9. The number of aromatic nitrogens is 3. The molecule has 13 heteroatoms. The van der Waals surface area contributed by atoms with E-state index in [1.54, 1.807) is 6.20 Å². The van der Waals surface area contributed by atoms with Crippen LogP contribution in [-0.2, 0) is 4.79 Å². The molecule has 1 amide bonds. The number of rotatable bonds is 3. The number of nitrogens with one attached hydrogen (secondary N) is 3. The zero-order valence-electron chi connectivity index (χ0n) is 21.1. The van der Waals surface area contributed by atoms with Crippen molar-refractivity contribution in [2.24, 2.45) is 5.92 Å². The summed E-state index contributed by atoms with van der Waals surface area (Å²) >= 11 is 0. The van der Waals surface area contributed by atoms with E-state index in [-0.39, 0.29) is 25.7 Å². The highest BCUT2D eigenvalue weighted by Crippen LogP contribution is 2.40. The fraction of sp³-hybridized carbons (Fsp3) is 0.500. The highest BCUT2D eigenvalue weighted by atomic mass is 19.4. The maximum Gasteiger partial charge on any atom is 0.471 e. The van der Waals surface area contributed by atoms with E-state index in [4.69, 9.17) is 9.72 Å². The van der Waals surface area contributed by atoms with E-state index < -0.39 is 12.1 Å². The molecule has 5 heterocycles. The summed E-state index contributed by atoms with van der Waals surface area (Å²) in [6.07, 6.45) is 4.15. The molecule has 10 nitrogen and oxygen atoms in total. The number of hydrogen-bond donors (Lipinski definition) is 3. The van der Waals surface area contributed by atoms with Gasteiger partial charge in [0, 0.05) is 68.5 Å². The summed E-state index contributed by atoms with van der Waals surface area (Å²) in [4.78, 5) is 24.1. The van der Waals surface area contributed by atoms with Crippen molar-refractivity contribution < 1.29 is 22.7 Å². The number of amides is 1. The minimum atomic E-state index is -4.87. The van der Waals surface area contributed by atoms with Crippen LogP contribution in [0, 0.1) is 5.92 Å². The lowest BCUT2D eigenvalue weighted by Crippen LogP contribution is -2.60. The van der Waals surface area contributed by atoms with Gasteiger partial charge in [-0.15, -0.1) is 0 Å². The van der Waals surface area contributed by atoms with Gasteiger partial charge in [-0.25, -0.2) is 9.97 Å². The van der Waals surface area contributed by atoms with Crippen molar-refractivity contribution in [3.63, 3.8) is 0 Å². The molecule has 2 saturated heterocycles. The lowest BCUT2D eigenvalue weighted by molar-refractivity contribution is -0.186. The molecule has 3 fully saturated rings. The molecule has 1 aromatic carbocycles. The fourth-order valence-electron chi connectivity index (χ4n) is 6.42. The van der Waals surface area contributed by atoms with Gasteiger partial charge in [-0.05, 0) is 37.3 Å². The molecular formula is C26H29F3N8O2. The first-order chi connectivity index (χ1) is 18.8. The van der Waals surface area contributed by atoms with Crippen molar-refractivity contribution in [3.05, 3.63) is 42.5 Å². The van der Waals surface area contributed by atoms with Gasteiger partial charge in [0.05, 0.1) is 17.4 Å². The van der Waals surface area contributed by atoms with E-state index in [1.807, 2.05) is 33.7 Å². The first kappa shape index (κ1) is 24.5. The Balaban J connectivity index is 1.11. The van der Waals surface area contributed by atoms with Gasteiger partial charge in [-0.2, -0.15) is 13.2 Å². The molecule has 3 unspecified atom stereocenters. The molecule has 39 heavy (non-hydrogen) atoms. The zero-order valence-corrected chi connectivity index (χ0v) is 21.1. The van der Waals surface area contributed by atoms with Gasteiger partial charge in [0.1, 0.15) is 12.4 Å². The number of fused-ring (bicyclic) bond motifs is 5. The second kappa shape index (κ2) is 9.26. The third-order valence-electron chi connectivity index (χ3n) is 8.43. The molecule has 206 valence electrons. The Hall–Kier alpha value is -3.58. The van der Waals surface area contributed by atoms with E-state index >= 15 is 0 Å². The summed E-state index contributed by atoms with van der Waals surface area (Å²) < 4.78 is 46.7. The predicted octanol–water partition coefficient (Wildman–Crippen LogP) is 2.80. The van der Waals surface area contributed by atoms with Crippen LogP contribution < -0.4 is 25.8 Å². The van der Waals surface area contributed by atoms with Crippen LogP contribution in [0.25, 0.3) is 5.65 Å². The molecule has 0 spiro atoms. The van der Waals surface area contributed by atoms with E-state index in [1.165, 1.54) is 0 Å². The Morgan fingerprint density at radius 3 is 2.97 bits per heavy atom.